The second-order valence-corrected chi connectivity index (χ2v) is 5.66. The van der Waals surface area contributed by atoms with E-state index in [0.29, 0.717) is 24.1 Å². The maximum atomic E-state index is 12.1. The number of aromatic nitrogens is 2. The van der Waals surface area contributed by atoms with Gasteiger partial charge in [-0.15, -0.1) is 0 Å². The SMILES string of the molecule is Cc1ccc(NC(=O)CCc2c(C)nn(C)c2C)cc1C(=O)O. The van der Waals surface area contributed by atoms with E-state index in [1.807, 2.05) is 25.6 Å². The monoisotopic (exact) mass is 315 g/mol. The highest BCUT2D eigenvalue weighted by Gasteiger charge is 2.13. The molecule has 2 N–H and O–H groups in total. The minimum absolute atomic E-state index is 0.146. The first-order valence-electron chi connectivity index (χ1n) is 7.42. The van der Waals surface area contributed by atoms with Gasteiger partial charge in [0.15, 0.2) is 0 Å². The minimum Gasteiger partial charge on any atom is -0.478 e. The molecule has 0 saturated carbocycles. The third kappa shape index (κ3) is 3.77. The van der Waals surface area contributed by atoms with Crippen LogP contribution >= 0.6 is 0 Å². The molecule has 6 heteroatoms. The Labute approximate surface area is 135 Å². The van der Waals surface area contributed by atoms with E-state index in [4.69, 9.17) is 5.11 Å². The van der Waals surface area contributed by atoms with Crippen LogP contribution in [0.5, 0.6) is 0 Å². The van der Waals surface area contributed by atoms with Crippen molar-refractivity contribution in [2.75, 3.05) is 5.32 Å². The fourth-order valence-corrected chi connectivity index (χ4v) is 2.57. The Morgan fingerprint density at radius 2 is 1.96 bits per heavy atom. The van der Waals surface area contributed by atoms with Crippen molar-refractivity contribution in [3.05, 3.63) is 46.3 Å². The number of rotatable bonds is 5. The van der Waals surface area contributed by atoms with Crippen LogP contribution in [0.4, 0.5) is 5.69 Å². The number of amides is 1. The molecule has 0 aliphatic carbocycles. The Morgan fingerprint density at radius 3 is 2.52 bits per heavy atom. The van der Waals surface area contributed by atoms with Gasteiger partial charge in [0, 0.05) is 24.8 Å². The largest absolute Gasteiger partial charge is 0.478 e. The molecule has 6 nitrogen and oxygen atoms in total. The summed E-state index contributed by atoms with van der Waals surface area (Å²) < 4.78 is 1.81. The number of nitrogens with one attached hydrogen (secondary N) is 1. The topological polar surface area (TPSA) is 84.2 Å². The number of carboxylic acid groups (broad SMARTS) is 1. The lowest BCUT2D eigenvalue weighted by molar-refractivity contribution is -0.116. The summed E-state index contributed by atoms with van der Waals surface area (Å²) in [5.41, 5.74) is 4.43. The van der Waals surface area contributed by atoms with Crippen LogP contribution in [0.1, 0.15) is 39.3 Å². The van der Waals surface area contributed by atoms with Gasteiger partial charge >= 0.3 is 5.97 Å². The lowest BCUT2D eigenvalue weighted by Crippen LogP contribution is -2.13. The molecule has 1 aromatic heterocycles. The van der Waals surface area contributed by atoms with Gasteiger partial charge in [-0.1, -0.05) is 6.07 Å². The van der Waals surface area contributed by atoms with Gasteiger partial charge in [0.2, 0.25) is 5.91 Å². The molecule has 23 heavy (non-hydrogen) atoms. The number of anilines is 1. The summed E-state index contributed by atoms with van der Waals surface area (Å²) in [5, 5.41) is 16.2. The number of aryl methyl sites for hydroxylation is 3. The standard InChI is InChI=1S/C17H21N3O3/c1-10-5-6-13(9-15(10)17(22)23)18-16(21)8-7-14-11(2)19-20(4)12(14)3/h5-6,9H,7-8H2,1-4H3,(H,18,21)(H,22,23). The van der Waals surface area contributed by atoms with Crippen molar-refractivity contribution in [1.29, 1.82) is 0 Å². The molecule has 1 heterocycles. The molecule has 1 aromatic carbocycles. The predicted molar refractivity (Wildman–Crippen MR) is 87.8 cm³/mol. The van der Waals surface area contributed by atoms with Crippen LogP contribution in [0.25, 0.3) is 0 Å². The van der Waals surface area contributed by atoms with Gasteiger partial charge in [-0.2, -0.15) is 5.10 Å². The first-order chi connectivity index (χ1) is 10.8. The maximum absolute atomic E-state index is 12.1. The van der Waals surface area contributed by atoms with E-state index in [1.165, 1.54) is 6.07 Å². The second-order valence-electron chi connectivity index (χ2n) is 5.66. The van der Waals surface area contributed by atoms with E-state index < -0.39 is 5.97 Å². The number of nitrogens with zero attached hydrogens (tertiary/aromatic N) is 2. The highest BCUT2D eigenvalue weighted by atomic mass is 16.4. The number of aromatic carboxylic acids is 1. The van der Waals surface area contributed by atoms with Gasteiger partial charge in [-0.05, 0) is 50.5 Å². The van der Waals surface area contributed by atoms with E-state index in [2.05, 4.69) is 10.4 Å². The molecule has 0 bridgehead atoms. The lowest BCUT2D eigenvalue weighted by Gasteiger charge is -2.08. The van der Waals surface area contributed by atoms with Crippen LogP contribution in [0.15, 0.2) is 18.2 Å². The second kappa shape index (κ2) is 6.64. The molecular weight excluding hydrogens is 294 g/mol. The highest BCUT2D eigenvalue weighted by molar-refractivity contribution is 5.94. The fourth-order valence-electron chi connectivity index (χ4n) is 2.57. The Bertz CT molecular complexity index is 763. The Hall–Kier alpha value is -2.63. The zero-order valence-electron chi connectivity index (χ0n) is 13.8. The molecule has 0 aliphatic rings. The van der Waals surface area contributed by atoms with E-state index in [-0.39, 0.29) is 11.5 Å². The van der Waals surface area contributed by atoms with Crippen LogP contribution in [-0.2, 0) is 18.3 Å². The molecule has 122 valence electrons. The van der Waals surface area contributed by atoms with Crippen molar-refractivity contribution < 1.29 is 14.7 Å². The van der Waals surface area contributed by atoms with Gasteiger partial charge in [-0.25, -0.2) is 4.79 Å². The molecule has 0 spiro atoms. The number of carboxylic acids is 1. The zero-order chi connectivity index (χ0) is 17.1. The van der Waals surface area contributed by atoms with Crippen molar-refractivity contribution in [3.63, 3.8) is 0 Å². The van der Waals surface area contributed by atoms with E-state index in [9.17, 15) is 9.59 Å². The number of carbonyl (C=O) groups excluding carboxylic acids is 1. The van der Waals surface area contributed by atoms with Gasteiger partial charge in [0.05, 0.1) is 11.3 Å². The molecule has 0 aliphatic heterocycles. The Balaban J connectivity index is 2.03. The van der Waals surface area contributed by atoms with E-state index in [0.717, 1.165) is 17.0 Å². The van der Waals surface area contributed by atoms with E-state index in [1.54, 1.807) is 19.1 Å². The van der Waals surface area contributed by atoms with Gasteiger partial charge in [0.1, 0.15) is 0 Å². The third-order valence-electron chi connectivity index (χ3n) is 4.01. The van der Waals surface area contributed by atoms with Crippen molar-refractivity contribution in [2.24, 2.45) is 7.05 Å². The summed E-state index contributed by atoms with van der Waals surface area (Å²) in [5.74, 6) is -1.15. The summed E-state index contributed by atoms with van der Waals surface area (Å²) >= 11 is 0. The van der Waals surface area contributed by atoms with Crippen LogP contribution < -0.4 is 5.32 Å². The van der Waals surface area contributed by atoms with Crippen molar-refractivity contribution in [3.8, 4) is 0 Å². The lowest BCUT2D eigenvalue weighted by atomic mass is 10.1. The Morgan fingerprint density at radius 1 is 1.26 bits per heavy atom. The van der Waals surface area contributed by atoms with Gasteiger partial charge in [-0.3, -0.25) is 9.48 Å². The summed E-state index contributed by atoms with van der Waals surface area (Å²) in [6.07, 6.45) is 0.929. The van der Waals surface area contributed by atoms with Crippen molar-refractivity contribution in [1.82, 2.24) is 9.78 Å². The average Bonchev–Trinajstić information content (AvgIpc) is 2.72. The molecule has 1 amide bonds. The molecule has 0 saturated heterocycles. The van der Waals surface area contributed by atoms with Crippen LogP contribution in [-0.4, -0.2) is 26.8 Å². The number of hydrogen-bond donors (Lipinski definition) is 2. The molecular formula is C17H21N3O3. The molecule has 2 aromatic rings. The third-order valence-corrected chi connectivity index (χ3v) is 4.01. The summed E-state index contributed by atoms with van der Waals surface area (Å²) in [6.45, 7) is 5.63. The Kier molecular flexibility index (Phi) is 4.83. The fraction of sp³-hybridized carbons (Fsp3) is 0.353. The number of hydrogen-bond acceptors (Lipinski definition) is 3. The molecule has 0 fully saturated rings. The molecule has 0 unspecified atom stereocenters. The summed E-state index contributed by atoms with van der Waals surface area (Å²) in [4.78, 5) is 23.2. The van der Waals surface area contributed by atoms with Crippen LogP contribution in [0.3, 0.4) is 0 Å². The minimum atomic E-state index is -1.000. The molecule has 2 rings (SSSR count). The van der Waals surface area contributed by atoms with Gasteiger partial charge in [0.25, 0.3) is 0 Å². The summed E-state index contributed by atoms with van der Waals surface area (Å²) in [6, 6.07) is 4.88. The summed E-state index contributed by atoms with van der Waals surface area (Å²) in [7, 11) is 1.88. The number of carbonyl (C=O) groups is 2. The van der Waals surface area contributed by atoms with Crippen LogP contribution in [0, 0.1) is 20.8 Å². The first kappa shape index (κ1) is 16.7. The van der Waals surface area contributed by atoms with Crippen molar-refractivity contribution in [2.45, 2.75) is 33.6 Å². The quantitative estimate of drug-likeness (QED) is 0.888. The number of benzene rings is 1. The predicted octanol–water partition coefficient (Wildman–Crippen LogP) is 2.61. The molecule has 0 atom stereocenters. The van der Waals surface area contributed by atoms with Crippen LogP contribution in [0.2, 0.25) is 0 Å². The van der Waals surface area contributed by atoms with Crippen molar-refractivity contribution >= 4 is 17.6 Å². The smallest absolute Gasteiger partial charge is 0.336 e. The molecule has 0 radical (unpaired) electrons. The zero-order valence-corrected chi connectivity index (χ0v) is 13.8. The van der Waals surface area contributed by atoms with E-state index >= 15 is 0 Å². The highest BCUT2D eigenvalue weighted by Crippen LogP contribution is 2.17. The normalized spacial score (nSPS) is 10.6. The average molecular weight is 315 g/mol. The first-order valence-corrected chi connectivity index (χ1v) is 7.42. The van der Waals surface area contributed by atoms with Gasteiger partial charge < -0.3 is 10.4 Å². The maximum Gasteiger partial charge on any atom is 0.336 e.